The van der Waals surface area contributed by atoms with Crippen LogP contribution in [0.3, 0.4) is 0 Å². The van der Waals surface area contributed by atoms with E-state index >= 15 is 0 Å². The van der Waals surface area contributed by atoms with Crippen molar-refractivity contribution in [2.45, 2.75) is 25.6 Å². The van der Waals surface area contributed by atoms with Gasteiger partial charge in [-0.25, -0.2) is 0 Å². The Hall–Kier alpha value is -1.27. The van der Waals surface area contributed by atoms with Gasteiger partial charge in [-0.05, 0) is 13.8 Å². The van der Waals surface area contributed by atoms with Crippen molar-refractivity contribution in [3.05, 3.63) is 0 Å². The van der Waals surface area contributed by atoms with Crippen molar-refractivity contribution in [3.8, 4) is 0 Å². The Morgan fingerprint density at radius 2 is 2.00 bits per heavy atom. The van der Waals surface area contributed by atoms with Gasteiger partial charge in [0.15, 0.2) is 0 Å². The Labute approximate surface area is 84.4 Å². The van der Waals surface area contributed by atoms with Crippen molar-refractivity contribution < 1.29 is 22.8 Å². The van der Waals surface area contributed by atoms with E-state index in [0.29, 0.717) is 4.90 Å². The normalized spacial score (nSPS) is 21.1. The maximum Gasteiger partial charge on any atom is 0.471 e. The second kappa shape index (κ2) is 3.39. The molecule has 0 aromatic rings. The van der Waals surface area contributed by atoms with Crippen LogP contribution in [0.2, 0.25) is 0 Å². The molecular formula is C8H11F3N2O2. The summed E-state index contributed by atoms with van der Waals surface area (Å²) in [6.07, 6.45) is -4.94. The van der Waals surface area contributed by atoms with Crippen LogP contribution in [0.4, 0.5) is 13.2 Å². The fourth-order valence-electron chi connectivity index (χ4n) is 1.32. The SMILES string of the molecule is CC1(C)CNC(=O)CN1C(=O)C(F)(F)F. The van der Waals surface area contributed by atoms with Crippen molar-refractivity contribution in [2.24, 2.45) is 0 Å². The van der Waals surface area contributed by atoms with Crippen LogP contribution in [0.15, 0.2) is 0 Å². The molecule has 0 saturated carbocycles. The standard InChI is InChI=1S/C8H11F3N2O2/c1-7(2)4-12-5(14)3-13(7)6(15)8(9,10)11/h3-4H2,1-2H3,(H,12,14). The summed E-state index contributed by atoms with van der Waals surface area (Å²) >= 11 is 0. The van der Waals surface area contributed by atoms with Crippen LogP contribution in [-0.4, -0.2) is 41.5 Å². The van der Waals surface area contributed by atoms with Crippen LogP contribution in [0.5, 0.6) is 0 Å². The molecule has 1 N–H and O–H groups in total. The maximum atomic E-state index is 12.2. The van der Waals surface area contributed by atoms with E-state index in [9.17, 15) is 22.8 Å². The number of nitrogens with zero attached hydrogens (tertiary/aromatic N) is 1. The van der Waals surface area contributed by atoms with E-state index in [1.807, 2.05) is 0 Å². The molecule has 15 heavy (non-hydrogen) atoms. The monoisotopic (exact) mass is 224 g/mol. The molecule has 0 atom stereocenters. The zero-order valence-electron chi connectivity index (χ0n) is 8.31. The number of rotatable bonds is 0. The summed E-state index contributed by atoms with van der Waals surface area (Å²) in [5.41, 5.74) is -1.01. The minimum atomic E-state index is -4.94. The molecule has 7 heteroatoms. The Balaban J connectivity index is 2.91. The molecule has 1 aliphatic heterocycles. The van der Waals surface area contributed by atoms with Crippen LogP contribution in [0, 0.1) is 0 Å². The predicted molar refractivity (Wildman–Crippen MR) is 44.9 cm³/mol. The van der Waals surface area contributed by atoms with Crippen LogP contribution in [-0.2, 0) is 9.59 Å². The first kappa shape index (κ1) is 11.8. The Kier molecular flexibility index (Phi) is 2.67. The van der Waals surface area contributed by atoms with Crippen molar-refractivity contribution in [2.75, 3.05) is 13.1 Å². The quantitative estimate of drug-likeness (QED) is 0.642. The summed E-state index contributed by atoms with van der Waals surface area (Å²) in [5, 5.41) is 2.41. The van der Waals surface area contributed by atoms with Crippen molar-refractivity contribution in [1.82, 2.24) is 10.2 Å². The second-order valence-corrected chi connectivity index (χ2v) is 3.98. The Morgan fingerprint density at radius 1 is 1.47 bits per heavy atom. The van der Waals surface area contributed by atoms with Gasteiger partial charge in [0.1, 0.15) is 6.54 Å². The van der Waals surface area contributed by atoms with E-state index in [-0.39, 0.29) is 6.54 Å². The zero-order chi connectivity index (χ0) is 11.9. The molecule has 0 bridgehead atoms. The average Bonchev–Trinajstić information content (AvgIpc) is 2.06. The molecule has 0 aromatic carbocycles. The molecule has 0 unspecified atom stereocenters. The third kappa shape index (κ3) is 2.40. The second-order valence-electron chi connectivity index (χ2n) is 3.98. The summed E-state index contributed by atoms with van der Waals surface area (Å²) in [6.45, 7) is 2.41. The van der Waals surface area contributed by atoms with Gasteiger partial charge in [0.25, 0.3) is 0 Å². The lowest BCUT2D eigenvalue weighted by atomic mass is 10.00. The smallest absolute Gasteiger partial charge is 0.352 e. The first-order chi connectivity index (χ1) is 6.64. The van der Waals surface area contributed by atoms with Gasteiger partial charge in [-0.3, -0.25) is 9.59 Å². The van der Waals surface area contributed by atoms with Crippen molar-refractivity contribution >= 4 is 11.8 Å². The largest absolute Gasteiger partial charge is 0.471 e. The molecule has 4 nitrogen and oxygen atoms in total. The minimum Gasteiger partial charge on any atom is -0.352 e. The highest BCUT2D eigenvalue weighted by Gasteiger charge is 2.48. The van der Waals surface area contributed by atoms with Gasteiger partial charge in [-0.1, -0.05) is 0 Å². The first-order valence-corrected chi connectivity index (χ1v) is 4.30. The molecule has 0 spiro atoms. The lowest BCUT2D eigenvalue weighted by Crippen LogP contribution is -2.64. The molecule has 1 saturated heterocycles. The predicted octanol–water partition coefficient (Wildman–Crippen LogP) is 0.286. The molecule has 1 heterocycles. The molecule has 0 aromatic heterocycles. The summed E-state index contributed by atoms with van der Waals surface area (Å²) < 4.78 is 36.5. The topological polar surface area (TPSA) is 49.4 Å². The lowest BCUT2D eigenvalue weighted by Gasteiger charge is -2.42. The third-order valence-electron chi connectivity index (χ3n) is 2.24. The van der Waals surface area contributed by atoms with E-state index in [1.54, 1.807) is 0 Å². The molecule has 1 aliphatic rings. The van der Waals surface area contributed by atoms with E-state index in [4.69, 9.17) is 0 Å². The molecule has 2 amide bonds. The number of halogens is 3. The fourth-order valence-corrected chi connectivity index (χ4v) is 1.32. The molecule has 0 radical (unpaired) electrons. The van der Waals surface area contributed by atoms with Gasteiger partial charge < -0.3 is 10.2 Å². The van der Waals surface area contributed by atoms with Gasteiger partial charge in [0.05, 0.1) is 5.54 Å². The highest BCUT2D eigenvalue weighted by atomic mass is 19.4. The van der Waals surface area contributed by atoms with Crippen molar-refractivity contribution in [3.63, 3.8) is 0 Å². The molecule has 1 fully saturated rings. The third-order valence-corrected chi connectivity index (χ3v) is 2.24. The summed E-state index contributed by atoms with van der Waals surface area (Å²) in [4.78, 5) is 22.5. The van der Waals surface area contributed by atoms with Crippen LogP contribution in [0.25, 0.3) is 0 Å². The number of piperazine rings is 1. The molecule has 0 aliphatic carbocycles. The summed E-state index contributed by atoms with van der Waals surface area (Å²) in [6, 6.07) is 0. The zero-order valence-corrected chi connectivity index (χ0v) is 8.31. The van der Waals surface area contributed by atoms with Gasteiger partial charge in [0.2, 0.25) is 5.91 Å². The van der Waals surface area contributed by atoms with E-state index in [0.717, 1.165) is 0 Å². The van der Waals surface area contributed by atoms with Gasteiger partial charge >= 0.3 is 12.1 Å². The highest BCUT2D eigenvalue weighted by Crippen LogP contribution is 2.25. The fraction of sp³-hybridized carbons (Fsp3) is 0.750. The number of nitrogens with one attached hydrogen (secondary N) is 1. The van der Waals surface area contributed by atoms with E-state index < -0.39 is 30.1 Å². The maximum absolute atomic E-state index is 12.2. The van der Waals surface area contributed by atoms with Crippen LogP contribution in [0.1, 0.15) is 13.8 Å². The number of amides is 2. The number of hydrogen-bond donors (Lipinski definition) is 1. The summed E-state index contributed by atoms with van der Waals surface area (Å²) in [7, 11) is 0. The van der Waals surface area contributed by atoms with Gasteiger partial charge in [0, 0.05) is 6.54 Å². The summed E-state index contributed by atoms with van der Waals surface area (Å²) in [5.74, 6) is -2.55. The Morgan fingerprint density at radius 3 is 2.47 bits per heavy atom. The number of carbonyl (C=O) groups is 2. The number of hydrogen-bond acceptors (Lipinski definition) is 2. The minimum absolute atomic E-state index is 0.0215. The van der Waals surface area contributed by atoms with E-state index in [2.05, 4.69) is 5.32 Å². The van der Waals surface area contributed by atoms with Gasteiger partial charge in [-0.15, -0.1) is 0 Å². The molecule has 86 valence electrons. The number of alkyl halides is 3. The first-order valence-electron chi connectivity index (χ1n) is 4.30. The lowest BCUT2D eigenvalue weighted by molar-refractivity contribution is -0.192. The highest BCUT2D eigenvalue weighted by molar-refractivity contribution is 5.89. The molecular weight excluding hydrogens is 213 g/mol. The van der Waals surface area contributed by atoms with Crippen LogP contribution < -0.4 is 5.32 Å². The van der Waals surface area contributed by atoms with Crippen LogP contribution >= 0.6 is 0 Å². The Bertz CT molecular complexity index is 299. The average molecular weight is 224 g/mol. The van der Waals surface area contributed by atoms with E-state index in [1.165, 1.54) is 13.8 Å². The number of carbonyl (C=O) groups excluding carboxylic acids is 2. The van der Waals surface area contributed by atoms with Crippen molar-refractivity contribution in [1.29, 1.82) is 0 Å². The van der Waals surface area contributed by atoms with Gasteiger partial charge in [-0.2, -0.15) is 13.2 Å². The molecule has 1 rings (SSSR count).